The van der Waals surface area contributed by atoms with Crippen LogP contribution in [-0.2, 0) is 4.79 Å². The lowest BCUT2D eigenvalue weighted by atomic mass is 9.95. The van der Waals surface area contributed by atoms with E-state index in [1.165, 1.54) is 0 Å². The number of halogens is 1. The van der Waals surface area contributed by atoms with Gasteiger partial charge in [-0.3, -0.25) is 4.79 Å². The van der Waals surface area contributed by atoms with Gasteiger partial charge < -0.3 is 9.80 Å². The molecule has 1 aliphatic rings. The molecule has 1 aliphatic heterocycles. The van der Waals surface area contributed by atoms with Crippen LogP contribution < -0.4 is 0 Å². The molecule has 0 aliphatic carbocycles. The highest BCUT2D eigenvalue weighted by atomic mass is 79.9. The Kier molecular flexibility index (Phi) is 6.81. The van der Waals surface area contributed by atoms with Crippen molar-refractivity contribution in [3.05, 3.63) is 0 Å². The summed E-state index contributed by atoms with van der Waals surface area (Å²) in [5, 5.41) is 0. The number of hydrogen-bond donors (Lipinski definition) is 0. The fraction of sp³-hybridized carbons (Fsp3) is 0.933. The summed E-state index contributed by atoms with van der Waals surface area (Å²) in [6.07, 6.45) is 2.28. The minimum Gasteiger partial charge on any atom is -0.342 e. The Balaban J connectivity index is 2.38. The zero-order chi connectivity index (χ0) is 14.6. The third kappa shape index (κ3) is 5.07. The molecule has 1 saturated heterocycles. The molecule has 0 saturated carbocycles. The molecule has 0 aromatic carbocycles. The highest BCUT2D eigenvalue weighted by Gasteiger charge is 2.28. The Bertz CT molecular complexity index is 286. The fourth-order valence-corrected chi connectivity index (χ4v) is 2.70. The lowest BCUT2D eigenvalue weighted by molar-refractivity contribution is -0.132. The molecule has 0 radical (unpaired) electrons. The normalized spacial score (nSPS) is 19.5. The molecule has 0 aromatic rings. The third-order valence-electron chi connectivity index (χ3n) is 4.18. The lowest BCUT2D eigenvalue weighted by Gasteiger charge is -2.36. The number of hydrogen-bond acceptors (Lipinski definition) is 2. The Labute approximate surface area is 126 Å². The monoisotopic (exact) mass is 332 g/mol. The smallest absolute Gasteiger partial charge is 0.236 e. The predicted molar refractivity (Wildman–Crippen MR) is 84.6 cm³/mol. The van der Waals surface area contributed by atoms with Crippen LogP contribution >= 0.6 is 15.9 Å². The largest absolute Gasteiger partial charge is 0.342 e. The van der Waals surface area contributed by atoms with Gasteiger partial charge in [-0.25, -0.2) is 0 Å². The molecule has 19 heavy (non-hydrogen) atoms. The van der Waals surface area contributed by atoms with Crippen molar-refractivity contribution in [1.29, 1.82) is 0 Å². The van der Waals surface area contributed by atoms with Crippen LogP contribution in [0.3, 0.4) is 0 Å². The van der Waals surface area contributed by atoms with Gasteiger partial charge in [0, 0.05) is 25.7 Å². The van der Waals surface area contributed by atoms with Gasteiger partial charge in [0.25, 0.3) is 0 Å². The van der Waals surface area contributed by atoms with E-state index in [9.17, 15) is 4.79 Å². The first-order valence-corrected chi connectivity index (χ1v) is 8.37. The van der Waals surface area contributed by atoms with Gasteiger partial charge in [-0.2, -0.15) is 0 Å². The van der Waals surface area contributed by atoms with Gasteiger partial charge in [0.2, 0.25) is 5.91 Å². The van der Waals surface area contributed by atoms with Crippen molar-refractivity contribution in [2.45, 2.75) is 51.4 Å². The number of likely N-dealkylation sites (tertiary alicyclic amines) is 1. The molecule has 1 unspecified atom stereocenters. The number of piperidine rings is 1. The quantitative estimate of drug-likeness (QED) is 0.722. The summed E-state index contributed by atoms with van der Waals surface area (Å²) in [6, 6.07) is 0.604. The van der Waals surface area contributed by atoms with Crippen LogP contribution in [0.2, 0.25) is 0 Å². The fourth-order valence-electron chi connectivity index (χ4n) is 2.41. The average Bonchev–Trinajstić information content (AvgIpc) is 2.37. The molecule has 0 spiro atoms. The molecule has 1 atom stereocenters. The zero-order valence-electron chi connectivity index (χ0n) is 13.0. The molecule has 0 aromatic heterocycles. The molecule has 1 rings (SSSR count). The number of amides is 1. The second-order valence-electron chi connectivity index (χ2n) is 6.45. The first kappa shape index (κ1) is 17.0. The van der Waals surface area contributed by atoms with E-state index in [1.807, 2.05) is 4.90 Å². The Hall–Kier alpha value is -0.0900. The van der Waals surface area contributed by atoms with E-state index >= 15 is 0 Å². The molecule has 112 valence electrons. The third-order valence-corrected chi connectivity index (χ3v) is 5.62. The predicted octanol–water partition coefficient (Wildman–Crippen LogP) is 2.98. The van der Waals surface area contributed by atoms with Crippen LogP contribution in [0.1, 0.15) is 40.5 Å². The van der Waals surface area contributed by atoms with Crippen molar-refractivity contribution in [3.8, 4) is 0 Å². The topological polar surface area (TPSA) is 23.6 Å². The molecule has 0 bridgehead atoms. The zero-order valence-corrected chi connectivity index (χ0v) is 14.6. The second kappa shape index (κ2) is 7.63. The summed E-state index contributed by atoms with van der Waals surface area (Å²) >= 11 is 3.52. The molecule has 3 nitrogen and oxygen atoms in total. The maximum Gasteiger partial charge on any atom is 0.236 e. The van der Waals surface area contributed by atoms with Crippen LogP contribution in [0.25, 0.3) is 0 Å². The van der Waals surface area contributed by atoms with Crippen LogP contribution in [0.15, 0.2) is 0 Å². The summed E-state index contributed by atoms with van der Waals surface area (Å²) in [6.45, 7) is 11.6. The molecule has 1 amide bonds. The van der Waals surface area contributed by atoms with Gasteiger partial charge in [-0.05, 0) is 45.6 Å². The summed E-state index contributed by atoms with van der Waals surface area (Å²) < 4.78 is 0. The number of carbonyl (C=O) groups excluding carboxylic acids is 1. The van der Waals surface area contributed by atoms with Gasteiger partial charge in [-0.15, -0.1) is 0 Å². The van der Waals surface area contributed by atoms with Crippen LogP contribution in [0.4, 0.5) is 0 Å². The van der Waals surface area contributed by atoms with Gasteiger partial charge in [0.1, 0.15) is 0 Å². The molecule has 0 N–H and O–H groups in total. The van der Waals surface area contributed by atoms with E-state index in [0.29, 0.717) is 12.0 Å². The summed E-state index contributed by atoms with van der Waals surface area (Å²) in [5.74, 6) is 1.37. The minimum absolute atomic E-state index is 0.0256. The highest BCUT2D eigenvalue weighted by Crippen LogP contribution is 2.22. The van der Waals surface area contributed by atoms with Gasteiger partial charge >= 0.3 is 0 Å². The average molecular weight is 333 g/mol. The molecular weight excluding hydrogens is 304 g/mol. The first-order valence-electron chi connectivity index (χ1n) is 7.46. The Morgan fingerprint density at radius 3 is 2.21 bits per heavy atom. The van der Waals surface area contributed by atoms with Gasteiger partial charge in [-0.1, -0.05) is 29.8 Å². The second-order valence-corrected chi connectivity index (χ2v) is 7.43. The first-order chi connectivity index (χ1) is 8.82. The van der Waals surface area contributed by atoms with Gasteiger partial charge in [0.05, 0.1) is 4.83 Å². The Morgan fingerprint density at radius 2 is 1.79 bits per heavy atom. The maximum absolute atomic E-state index is 12.2. The van der Waals surface area contributed by atoms with Crippen molar-refractivity contribution in [1.82, 2.24) is 9.80 Å². The summed E-state index contributed by atoms with van der Waals surface area (Å²) in [5.41, 5.74) is 0. The van der Waals surface area contributed by atoms with Gasteiger partial charge in [0.15, 0.2) is 0 Å². The van der Waals surface area contributed by atoms with Crippen LogP contribution in [-0.4, -0.2) is 53.3 Å². The van der Waals surface area contributed by atoms with E-state index in [1.54, 1.807) is 0 Å². The number of alkyl halides is 1. The van der Waals surface area contributed by atoms with E-state index in [-0.39, 0.29) is 10.7 Å². The van der Waals surface area contributed by atoms with E-state index in [0.717, 1.165) is 38.4 Å². The van der Waals surface area contributed by atoms with Crippen molar-refractivity contribution < 1.29 is 4.79 Å². The van der Waals surface area contributed by atoms with E-state index in [4.69, 9.17) is 0 Å². The highest BCUT2D eigenvalue weighted by molar-refractivity contribution is 9.10. The minimum atomic E-state index is -0.0256. The Morgan fingerprint density at radius 1 is 1.26 bits per heavy atom. The number of carbonyl (C=O) groups is 1. The lowest BCUT2D eigenvalue weighted by Crippen LogP contribution is -2.45. The van der Waals surface area contributed by atoms with Crippen molar-refractivity contribution in [2.75, 3.05) is 26.7 Å². The van der Waals surface area contributed by atoms with Crippen LogP contribution in [0, 0.1) is 11.8 Å². The van der Waals surface area contributed by atoms with Crippen LogP contribution in [0.5, 0.6) is 0 Å². The summed E-state index contributed by atoms with van der Waals surface area (Å²) in [4.78, 5) is 16.7. The number of rotatable bonds is 5. The molecule has 1 fully saturated rings. The standard InChI is InChI=1S/C15H29BrN2O/c1-11(2)14(16)15(19)18-8-6-13(7-9-18)10-17(5)12(3)4/h11-14H,6-10H2,1-5H3. The van der Waals surface area contributed by atoms with Crippen molar-refractivity contribution in [2.24, 2.45) is 11.8 Å². The number of nitrogens with zero attached hydrogens (tertiary/aromatic N) is 2. The molecular formula is C15H29BrN2O. The van der Waals surface area contributed by atoms with Crippen molar-refractivity contribution >= 4 is 21.8 Å². The SMILES string of the molecule is CC(C)C(Br)C(=O)N1CCC(CN(C)C(C)C)CC1. The van der Waals surface area contributed by atoms with Crippen molar-refractivity contribution in [3.63, 3.8) is 0 Å². The molecule has 4 heteroatoms. The van der Waals surface area contributed by atoms with E-state index in [2.05, 4.69) is 55.6 Å². The van der Waals surface area contributed by atoms with E-state index < -0.39 is 0 Å². The maximum atomic E-state index is 12.2. The molecule has 1 heterocycles. The summed E-state index contributed by atoms with van der Waals surface area (Å²) in [7, 11) is 2.19.